The lowest BCUT2D eigenvalue weighted by Crippen LogP contribution is -2.52. The molecule has 2 aliphatic rings. The Kier molecular flexibility index (Phi) is 17.9. The lowest BCUT2D eigenvalue weighted by molar-refractivity contribution is -0.309. The Morgan fingerprint density at radius 1 is 0.534 bits per heavy atom. The fourth-order valence-electron chi connectivity index (χ4n) is 8.08. The average molecular weight is 1280 g/mol. The predicted molar refractivity (Wildman–Crippen MR) is 301 cm³/mol. The second-order valence-corrected chi connectivity index (χ2v) is 20.4. The molecule has 16 nitrogen and oxygen atoms in total. The highest BCUT2D eigenvalue weighted by Gasteiger charge is 2.61. The monoisotopic (exact) mass is 1280 g/mol. The van der Waals surface area contributed by atoms with E-state index in [0.717, 1.165) is 5.56 Å². The number of aryl methyl sites for hydroxylation is 2. The zero-order valence-electron chi connectivity index (χ0n) is 64.1. The van der Waals surface area contributed by atoms with Gasteiger partial charge in [0.05, 0.1) is 25.2 Å². The second kappa shape index (κ2) is 31.2. The third kappa shape index (κ3) is 23.0. The van der Waals surface area contributed by atoms with Crippen LogP contribution in [-0.2, 0) is 50.0 Å². The van der Waals surface area contributed by atoms with Gasteiger partial charge in [-0.15, -0.1) is 0 Å². The van der Waals surface area contributed by atoms with Gasteiger partial charge in [-0.05, 0) is 117 Å². The van der Waals surface area contributed by atoms with Crippen molar-refractivity contribution in [3.8, 4) is 11.5 Å². The van der Waals surface area contributed by atoms with E-state index in [1.807, 2.05) is 0 Å². The summed E-state index contributed by atoms with van der Waals surface area (Å²) in [6, 6.07) is 22.7. The Bertz CT molecular complexity index is 3590. The normalized spacial score (nSPS) is 22.0. The number of carbonyl (C=O) groups is 4. The van der Waals surface area contributed by atoms with Crippen LogP contribution in [0.1, 0.15) is 102 Å². The van der Waals surface area contributed by atoms with E-state index in [2.05, 4.69) is 9.47 Å². The smallest absolute Gasteiger partial charge is 0.434 e. The van der Waals surface area contributed by atoms with Crippen molar-refractivity contribution in [3.05, 3.63) is 118 Å². The zero-order valence-corrected chi connectivity index (χ0v) is 48.1. The van der Waals surface area contributed by atoms with Gasteiger partial charge in [-0.2, -0.15) is 52.7 Å². The number of benzene rings is 4. The first-order chi connectivity index (χ1) is 47.1. The molecule has 0 aromatic heterocycles. The van der Waals surface area contributed by atoms with Crippen molar-refractivity contribution in [3.63, 3.8) is 0 Å². The maximum absolute atomic E-state index is 13.2. The molecule has 4 aromatic carbocycles. The maximum Gasteiger partial charge on any atom is 0.434 e. The summed E-state index contributed by atoms with van der Waals surface area (Å²) in [5, 5.41) is 9.22. The number of nitrogens with zero attached hydrogens (tertiary/aromatic N) is 6. The number of esters is 1. The minimum Gasteiger partial charge on any atom is -0.497 e. The van der Waals surface area contributed by atoms with E-state index in [9.17, 15) is 77.0 Å². The number of amides is 2. The van der Waals surface area contributed by atoms with Gasteiger partial charge in [0.2, 0.25) is 0 Å². The van der Waals surface area contributed by atoms with E-state index in [1.54, 1.807) is 111 Å². The maximum atomic E-state index is 13.2. The first kappa shape index (κ1) is 50.5. The Morgan fingerprint density at radius 3 is 1.18 bits per heavy atom. The van der Waals surface area contributed by atoms with E-state index >= 15 is 0 Å². The summed E-state index contributed by atoms with van der Waals surface area (Å²) in [6.45, 7) is -24.8. The van der Waals surface area contributed by atoms with Crippen LogP contribution in [0.25, 0.3) is 0 Å². The lowest BCUT2D eigenvalue weighted by Gasteiger charge is -2.36. The lowest BCUT2D eigenvalue weighted by atomic mass is 10.1. The standard InChI is InChI=1S/C32H41F6N3O5.C28H33F6N3O5/c1-22-8-11-24(21-39-15-17-40(18-16-39)29(43)45-28(31(33,34)35)32(36,37)38)26(19-22)41(14-6-7-27(42)46-30(2,3)4)20-23-9-12-25(44-5)13-10-23;1-19-5-8-21(18-35-12-14-36(15-13-35)26(40)42-25(27(29,30)31)28(32,33)34)23(16-19)37(11-3-4-24(38)39)17-20-6-9-22(41-2)10-7-20/h8-13,19,28H,6-7,14-18,20-21H2,1-5H3;5-10,16,25H,3-4,11-15,17-18H2,1-2H3,(H,38,39)/i15D2,16D2,17D2,18D2;12D2,13D2,14D2,15D2. The van der Waals surface area contributed by atoms with Gasteiger partial charge in [0.25, 0.3) is 12.2 Å². The van der Waals surface area contributed by atoms with Crippen LogP contribution in [0.2, 0.25) is 0 Å². The van der Waals surface area contributed by atoms with Crippen LogP contribution in [0.15, 0.2) is 84.9 Å². The van der Waals surface area contributed by atoms with Crippen molar-refractivity contribution in [2.24, 2.45) is 0 Å². The molecule has 0 bridgehead atoms. The highest BCUT2D eigenvalue weighted by molar-refractivity contribution is 5.70. The van der Waals surface area contributed by atoms with Gasteiger partial charge in [-0.25, -0.2) is 9.59 Å². The van der Waals surface area contributed by atoms with Crippen LogP contribution in [0, 0.1) is 13.8 Å². The molecule has 2 heterocycles. The first-order valence-electron chi connectivity index (χ1n) is 34.3. The highest BCUT2D eigenvalue weighted by atomic mass is 19.4. The summed E-state index contributed by atoms with van der Waals surface area (Å²) in [7, 11) is 2.93. The number of anilines is 2. The number of rotatable bonds is 22. The van der Waals surface area contributed by atoms with Gasteiger partial charge in [0, 0.05) is 126 Å². The van der Waals surface area contributed by atoms with E-state index in [0.29, 0.717) is 33.9 Å². The SMILES string of the molecule is [2H]C1([2H])N(Cc2ccc(C)cc2N(CCCC(=O)O)Cc2ccc(OC)cc2)C([2H])([2H])C([2H])([2H])N(C(=O)OC(C(F)(F)F)C(F)(F)F)C1([2H])[2H].[2H]C1([2H])N(Cc2ccc(C)cc2N(CCCC(=O)OC(C)(C)C)Cc2ccc(OC)cc2)C([2H])([2H])C([2H])([2H])N(C(=O)OC(C(F)(F)F)C(F)(F)F)C1([2H])[2H]. The first-order valence-corrected chi connectivity index (χ1v) is 26.3. The van der Waals surface area contributed by atoms with Crippen LogP contribution in [0.4, 0.5) is 73.6 Å². The van der Waals surface area contributed by atoms with Crippen molar-refractivity contribution >= 4 is 35.5 Å². The number of carboxylic acid groups (broad SMARTS) is 1. The number of aliphatic carboxylic acids is 1. The number of hydrogen-bond acceptors (Lipinski definition) is 13. The van der Waals surface area contributed by atoms with Gasteiger partial charge < -0.3 is 48.4 Å². The van der Waals surface area contributed by atoms with E-state index in [4.69, 9.17) is 36.1 Å². The van der Waals surface area contributed by atoms with E-state index in [1.165, 1.54) is 32.4 Å². The van der Waals surface area contributed by atoms with Crippen molar-refractivity contribution < 1.29 is 123 Å². The second-order valence-electron chi connectivity index (χ2n) is 20.4. The Balaban J connectivity index is 0.000000375. The van der Waals surface area contributed by atoms with Gasteiger partial charge in [-0.1, -0.05) is 48.5 Å². The molecule has 0 saturated carbocycles. The third-order valence-electron chi connectivity index (χ3n) is 12.1. The molecular formula is C60H74F12N6O10. The summed E-state index contributed by atoms with van der Waals surface area (Å²) < 4.78 is 317. The largest absolute Gasteiger partial charge is 0.497 e. The number of hydrogen-bond donors (Lipinski definition) is 1. The van der Waals surface area contributed by atoms with Crippen LogP contribution in [0.5, 0.6) is 11.5 Å². The number of alkyl halides is 12. The molecule has 4 aromatic rings. The van der Waals surface area contributed by atoms with Crippen LogP contribution < -0.4 is 19.3 Å². The number of halogens is 12. The molecule has 0 spiro atoms. The molecule has 0 atom stereocenters. The zero-order chi connectivity index (χ0) is 79.7. The number of ether oxygens (including phenoxy) is 5. The van der Waals surface area contributed by atoms with Gasteiger partial charge >= 0.3 is 48.8 Å². The molecule has 488 valence electrons. The Hall–Kier alpha value is -7.36. The highest BCUT2D eigenvalue weighted by Crippen LogP contribution is 2.38. The third-order valence-corrected chi connectivity index (χ3v) is 12.1. The van der Waals surface area contributed by atoms with Crippen LogP contribution >= 0.6 is 0 Å². The molecule has 1 N–H and O–H groups in total. The quantitative estimate of drug-likeness (QED) is 0.0451. The average Bonchev–Trinajstić information content (AvgIpc) is 0.696. The molecular weight excluding hydrogens is 1190 g/mol. The van der Waals surface area contributed by atoms with Crippen LogP contribution in [0.3, 0.4) is 0 Å². The predicted octanol–water partition coefficient (Wildman–Crippen LogP) is 12.5. The molecule has 2 saturated heterocycles. The number of carbonyl (C=O) groups excluding carboxylic acids is 3. The van der Waals surface area contributed by atoms with Crippen molar-refractivity contribution in [1.29, 1.82) is 0 Å². The minimum absolute atomic E-state index is 0.0232. The van der Waals surface area contributed by atoms with Gasteiger partial charge in [0.1, 0.15) is 17.1 Å². The van der Waals surface area contributed by atoms with Crippen molar-refractivity contribution in [2.75, 3.05) is 89.1 Å². The fourth-order valence-corrected chi connectivity index (χ4v) is 8.08. The summed E-state index contributed by atoms with van der Waals surface area (Å²) in [4.78, 5) is 50.8. The molecule has 88 heavy (non-hydrogen) atoms. The molecule has 2 fully saturated rings. The number of piperazine rings is 2. The number of methoxy groups -OCH3 is 2. The molecule has 2 amide bonds. The summed E-state index contributed by atoms with van der Waals surface area (Å²) >= 11 is 0. The topological polar surface area (TPSA) is 154 Å². The molecule has 0 unspecified atom stereocenters. The van der Waals surface area contributed by atoms with Crippen molar-refractivity contribution in [1.82, 2.24) is 19.6 Å². The molecule has 6 rings (SSSR count). The van der Waals surface area contributed by atoms with Gasteiger partial charge in [0.15, 0.2) is 0 Å². The Labute approximate surface area is 525 Å². The molecule has 28 heteroatoms. The summed E-state index contributed by atoms with van der Waals surface area (Å²) in [5.41, 5.74) is 2.62. The fraction of sp³-hybridized carbons (Fsp3) is 0.533. The summed E-state index contributed by atoms with van der Waals surface area (Å²) in [5.74, 6) is -0.506. The van der Waals surface area contributed by atoms with Crippen LogP contribution in [-0.4, -0.2) is 171 Å². The van der Waals surface area contributed by atoms with Gasteiger partial charge in [-0.3, -0.25) is 19.4 Å². The molecule has 0 aliphatic carbocycles. The minimum atomic E-state index is -6.29. The summed E-state index contributed by atoms with van der Waals surface area (Å²) in [6.07, 6.45) is -40.7. The molecule has 0 radical (unpaired) electrons. The molecule has 2 aliphatic heterocycles. The Morgan fingerprint density at radius 2 is 0.875 bits per heavy atom. The van der Waals surface area contributed by atoms with E-state index in [-0.39, 0.29) is 78.5 Å². The van der Waals surface area contributed by atoms with Crippen molar-refractivity contribution in [2.45, 2.75) is 129 Å². The number of carboxylic acids is 1. The van der Waals surface area contributed by atoms with E-state index < -0.39 is 142 Å².